The fourth-order valence-electron chi connectivity index (χ4n) is 4.35. The predicted molar refractivity (Wildman–Crippen MR) is 146 cm³/mol. The van der Waals surface area contributed by atoms with E-state index < -0.39 is 0 Å². The minimum atomic E-state index is -0.278. The number of hydrogen-bond donors (Lipinski definition) is 0. The van der Waals surface area contributed by atoms with Gasteiger partial charge in [0, 0.05) is 30.4 Å². The maximum absolute atomic E-state index is 13.4. The normalized spacial score (nSPS) is 12.1. The van der Waals surface area contributed by atoms with Crippen LogP contribution in [0.3, 0.4) is 0 Å². The van der Waals surface area contributed by atoms with Crippen LogP contribution < -0.4 is 19.7 Å². The van der Waals surface area contributed by atoms with Crippen molar-refractivity contribution < 1.29 is 9.13 Å². The maximum atomic E-state index is 13.4. The van der Waals surface area contributed by atoms with Gasteiger partial charge in [-0.3, -0.25) is 4.79 Å². The molecule has 5 aromatic rings. The molecule has 0 bridgehead atoms. The van der Waals surface area contributed by atoms with Crippen molar-refractivity contribution in [2.45, 2.75) is 34.3 Å². The number of aryl methyl sites for hydroxylation is 2. The number of halogens is 1. The molecular weight excluding hydrogens is 473 g/mol. The molecule has 36 heavy (non-hydrogen) atoms. The van der Waals surface area contributed by atoms with Gasteiger partial charge in [0.2, 0.25) is 0 Å². The predicted octanol–water partition coefficient (Wildman–Crippen LogP) is 5.64. The second-order valence-corrected chi connectivity index (χ2v) is 9.89. The van der Waals surface area contributed by atoms with Gasteiger partial charge in [-0.05, 0) is 86.9 Å². The Morgan fingerprint density at radius 2 is 1.75 bits per heavy atom. The summed E-state index contributed by atoms with van der Waals surface area (Å²) in [7, 11) is 0. The summed E-state index contributed by atoms with van der Waals surface area (Å²) < 4.78 is 21.8. The second-order valence-electron chi connectivity index (χ2n) is 8.88. The van der Waals surface area contributed by atoms with Gasteiger partial charge in [-0.2, -0.15) is 0 Å². The third-order valence-corrected chi connectivity index (χ3v) is 7.54. The van der Waals surface area contributed by atoms with Gasteiger partial charge in [0.15, 0.2) is 4.96 Å². The first-order valence-corrected chi connectivity index (χ1v) is 12.9. The maximum Gasteiger partial charge on any atom is 0.274 e. The molecule has 0 unspecified atom stereocenters. The van der Waals surface area contributed by atoms with Crippen LogP contribution in [0, 0.1) is 19.7 Å². The standard InChI is InChI=1S/C29H28FN3O2S/c1-5-32(6-2)23-12-9-21(26(16-23)35-17-20-7-10-22(30)11-8-20)15-27-28(34)33-25-14-19(4)18(3)13-24(25)31-29(33)36-27/h7-16H,5-6,17H2,1-4H3/b27-15-. The lowest BCUT2D eigenvalue weighted by molar-refractivity contribution is 0.305. The van der Waals surface area contributed by atoms with Crippen LogP contribution in [0.2, 0.25) is 0 Å². The lowest BCUT2D eigenvalue weighted by Gasteiger charge is -2.22. The number of hydrogen-bond acceptors (Lipinski definition) is 5. The van der Waals surface area contributed by atoms with Crippen molar-refractivity contribution in [3.8, 4) is 5.75 Å². The van der Waals surface area contributed by atoms with Crippen molar-refractivity contribution in [2.24, 2.45) is 0 Å². The van der Waals surface area contributed by atoms with Gasteiger partial charge in [0.1, 0.15) is 18.2 Å². The van der Waals surface area contributed by atoms with E-state index in [1.54, 1.807) is 16.5 Å². The molecule has 0 aliphatic rings. The summed E-state index contributed by atoms with van der Waals surface area (Å²) in [5.74, 6) is 0.394. The molecule has 0 aliphatic heterocycles. The Labute approximate surface area is 213 Å². The third kappa shape index (κ3) is 4.46. The van der Waals surface area contributed by atoms with Crippen molar-refractivity contribution in [3.05, 3.63) is 97.6 Å². The minimum absolute atomic E-state index is 0.0851. The summed E-state index contributed by atoms with van der Waals surface area (Å²) in [6.45, 7) is 10.4. The topological polar surface area (TPSA) is 46.8 Å². The SMILES string of the molecule is CCN(CC)c1ccc(/C=c2\sc3nc4cc(C)c(C)cc4n3c2=O)c(OCc2ccc(F)cc2)c1. The monoisotopic (exact) mass is 501 g/mol. The molecule has 0 saturated carbocycles. The molecule has 0 aliphatic carbocycles. The minimum Gasteiger partial charge on any atom is -0.488 e. The summed E-state index contributed by atoms with van der Waals surface area (Å²) >= 11 is 1.38. The fourth-order valence-corrected chi connectivity index (χ4v) is 5.33. The van der Waals surface area contributed by atoms with Crippen LogP contribution in [0.1, 0.15) is 36.1 Å². The van der Waals surface area contributed by atoms with E-state index in [-0.39, 0.29) is 11.4 Å². The molecule has 0 N–H and O–H groups in total. The average Bonchev–Trinajstić information content (AvgIpc) is 3.36. The first-order chi connectivity index (χ1) is 17.4. The van der Waals surface area contributed by atoms with Crippen molar-refractivity contribution in [1.29, 1.82) is 0 Å². The molecule has 2 aromatic heterocycles. The van der Waals surface area contributed by atoms with E-state index in [1.165, 1.54) is 23.5 Å². The molecule has 184 valence electrons. The summed E-state index contributed by atoms with van der Waals surface area (Å²) in [5, 5.41) is 0. The first-order valence-electron chi connectivity index (χ1n) is 12.1. The Bertz CT molecular complexity index is 1670. The van der Waals surface area contributed by atoms with Crippen LogP contribution in [0.15, 0.2) is 59.4 Å². The van der Waals surface area contributed by atoms with Crippen molar-refractivity contribution in [1.82, 2.24) is 9.38 Å². The zero-order valence-electron chi connectivity index (χ0n) is 20.8. The van der Waals surface area contributed by atoms with E-state index in [2.05, 4.69) is 25.7 Å². The van der Waals surface area contributed by atoms with Gasteiger partial charge in [-0.15, -0.1) is 0 Å². The number of anilines is 1. The van der Waals surface area contributed by atoms with Crippen LogP contribution in [0.25, 0.3) is 22.1 Å². The van der Waals surface area contributed by atoms with E-state index in [0.29, 0.717) is 21.8 Å². The highest BCUT2D eigenvalue weighted by Gasteiger charge is 2.14. The molecule has 0 radical (unpaired) electrons. The highest BCUT2D eigenvalue weighted by molar-refractivity contribution is 7.15. The van der Waals surface area contributed by atoms with Crippen molar-refractivity contribution in [2.75, 3.05) is 18.0 Å². The highest BCUT2D eigenvalue weighted by Crippen LogP contribution is 2.28. The van der Waals surface area contributed by atoms with E-state index >= 15 is 0 Å². The van der Waals surface area contributed by atoms with E-state index in [9.17, 15) is 9.18 Å². The largest absolute Gasteiger partial charge is 0.488 e. The number of nitrogens with zero attached hydrogens (tertiary/aromatic N) is 3. The van der Waals surface area contributed by atoms with E-state index in [4.69, 9.17) is 9.72 Å². The molecule has 0 amide bonds. The Hall–Kier alpha value is -3.71. The summed E-state index contributed by atoms with van der Waals surface area (Å²) in [4.78, 5) is 21.0. The smallest absolute Gasteiger partial charge is 0.274 e. The number of imidazole rings is 1. The third-order valence-electron chi connectivity index (χ3n) is 6.57. The Balaban J connectivity index is 1.59. The Kier molecular flexibility index (Phi) is 6.49. The number of benzene rings is 3. The molecule has 0 fully saturated rings. The molecule has 0 atom stereocenters. The molecule has 5 nitrogen and oxygen atoms in total. The summed E-state index contributed by atoms with van der Waals surface area (Å²) in [6, 6.07) is 16.4. The zero-order chi connectivity index (χ0) is 25.4. The van der Waals surface area contributed by atoms with Crippen LogP contribution in [-0.4, -0.2) is 22.5 Å². The van der Waals surface area contributed by atoms with Gasteiger partial charge in [0.25, 0.3) is 5.56 Å². The molecule has 7 heteroatoms. The lowest BCUT2D eigenvalue weighted by atomic mass is 10.1. The Morgan fingerprint density at radius 3 is 2.47 bits per heavy atom. The number of rotatable bonds is 7. The van der Waals surface area contributed by atoms with Crippen molar-refractivity contribution in [3.63, 3.8) is 0 Å². The Morgan fingerprint density at radius 1 is 1.03 bits per heavy atom. The molecule has 5 rings (SSSR count). The molecule has 3 aromatic carbocycles. The molecule has 0 spiro atoms. The van der Waals surface area contributed by atoms with Gasteiger partial charge in [-0.25, -0.2) is 13.8 Å². The molecule has 0 saturated heterocycles. The average molecular weight is 502 g/mol. The fraction of sp³-hybridized carbons (Fsp3) is 0.241. The number of fused-ring (bicyclic) bond motifs is 3. The quantitative estimate of drug-likeness (QED) is 0.290. The number of ether oxygens (including phenoxy) is 1. The van der Waals surface area contributed by atoms with Gasteiger partial charge in [-0.1, -0.05) is 23.5 Å². The summed E-state index contributed by atoms with van der Waals surface area (Å²) in [5.41, 5.74) is 6.59. The van der Waals surface area contributed by atoms with E-state index in [1.807, 2.05) is 43.3 Å². The van der Waals surface area contributed by atoms with Crippen LogP contribution in [0.4, 0.5) is 10.1 Å². The van der Waals surface area contributed by atoms with Crippen LogP contribution in [-0.2, 0) is 6.61 Å². The van der Waals surface area contributed by atoms with Gasteiger partial charge < -0.3 is 9.64 Å². The van der Waals surface area contributed by atoms with Crippen LogP contribution >= 0.6 is 11.3 Å². The summed E-state index contributed by atoms with van der Waals surface area (Å²) in [6.07, 6.45) is 1.88. The van der Waals surface area contributed by atoms with Crippen molar-refractivity contribution >= 4 is 39.1 Å². The lowest BCUT2D eigenvalue weighted by Crippen LogP contribution is -2.23. The van der Waals surface area contributed by atoms with Gasteiger partial charge in [0.05, 0.1) is 15.6 Å². The highest BCUT2D eigenvalue weighted by atomic mass is 32.1. The number of aromatic nitrogens is 2. The first kappa shape index (κ1) is 24.0. The van der Waals surface area contributed by atoms with Gasteiger partial charge >= 0.3 is 0 Å². The number of thiazole rings is 1. The van der Waals surface area contributed by atoms with Crippen LogP contribution in [0.5, 0.6) is 5.75 Å². The zero-order valence-corrected chi connectivity index (χ0v) is 21.7. The second kappa shape index (κ2) is 9.74. The van der Waals surface area contributed by atoms with E-state index in [0.717, 1.165) is 52.1 Å². The molecular formula is C29H28FN3O2S. The molecule has 2 heterocycles.